The van der Waals surface area contributed by atoms with Crippen LogP contribution in [0.2, 0.25) is 0 Å². The minimum absolute atomic E-state index is 0.0995. The van der Waals surface area contributed by atoms with E-state index in [-0.39, 0.29) is 17.7 Å². The van der Waals surface area contributed by atoms with Gasteiger partial charge in [-0.3, -0.25) is 9.59 Å². The van der Waals surface area contributed by atoms with Crippen molar-refractivity contribution < 1.29 is 9.59 Å². The van der Waals surface area contributed by atoms with Crippen molar-refractivity contribution in [2.45, 2.75) is 71.3 Å². The molecule has 1 aliphatic carbocycles. The Hall–Kier alpha value is -1.06. The van der Waals surface area contributed by atoms with E-state index in [0.29, 0.717) is 19.0 Å². The lowest BCUT2D eigenvalue weighted by Crippen LogP contribution is -2.41. The molecule has 2 aliphatic rings. The van der Waals surface area contributed by atoms with Gasteiger partial charge in [0, 0.05) is 32.1 Å². The number of carbonyl (C=O) groups is 2. The Morgan fingerprint density at radius 3 is 2.33 bits per heavy atom. The molecule has 120 valence electrons. The van der Waals surface area contributed by atoms with E-state index in [1.54, 1.807) is 0 Å². The van der Waals surface area contributed by atoms with Crippen molar-refractivity contribution in [2.24, 2.45) is 5.92 Å². The first-order valence-corrected chi connectivity index (χ1v) is 8.75. The van der Waals surface area contributed by atoms with Gasteiger partial charge in [-0.15, -0.1) is 0 Å². The van der Waals surface area contributed by atoms with Crippen LogP contribution in [-0.2, 0) is 9.59 Å². The molecular formula is C17H30N2O2. The SMILES string of the molecule is CCCN(CCC)C(=O)[C@H]1CC(=O)N(C2CCCCC2)C1. The zero-order valence-electron chi connectivity index (χ0n) is 13.6. The van der Waals surface area contributed by atoms with Crippen LogP contribution in [0.4, 0.5) is 0 Å². The second kappa shape index (κ2) is 7.81. The molecule has 4 nitrogen and oxygen atoms in total. The second-order valence-electron chi connectivity index (χ2n) is 6.56. The molecule has 0 spiro atoms. The number of amides is 2. The number of hydrogen-bond acceptors (Lipinski definition) is 2. The Bertz CT molecular complexity index is 358. The summed E-state index contributed by atoms with van der Waals surface area (Å²) in [7, 11) is 0. The van der Waals surface area contributed by atoms with E-state index in [1.807, 2.05) is 9.80 Å². The maximum Gasteiger partial charge on any atom is 0.227 e. The van der Waals surface area contributed by atoms with Crippen LogP contribution in [0.15, 0.2) is 0 Å². The standard InChI is InChI=1S/C17H30N2O2/c1-3-10-18(11-4-2)17(21)14-12-16(20)19(13-14)15-8-6-5-7-9-15/h14-15H,3-13H2,1-2H3/t14-/m0/s1. The van der Waals surface area contributed by atoms with Gasteiger partial charge in [0.2, 0.25) is 11.8 Å². The molecule has 0 aromatic rings. The van der Waals surface area contributed by atoms with Crippen LogP contribution in [-0.4, -0.2) is 47.3 Å². The highest BCUT2D eigenvalue weighted by Crippen LogP contribution is 2.29. The summed E-state index contributed by atoms with van der Waals surface area (Å²) in [6.07, 6.45) is 8.40. The monoisotopic (exact) mass is 294 g/mol. The number of hydrogen-bond donors (Lipinski definition) is 0. The lowest BCUT2D eigenvalue weighted by atomic mass is 9.94. The smallest absolute Gasteiger partial charge is 0.227 e. The van der Waals surface area contributed by atoms with Crippen LogP contribution in [0, 0.1) is 5.92 Å². The molecule has 2 rings (SSSR count). The molecule has 1 atom stereocenters. The molecule has 21 heavy (non-hydrogen) atoms. The van der Waals surface area contributed by atoms with Crippen LogP contribution in [0.25, 0.3) is 0 Å². The number of carbonyl (C=O) groups excluding carboxylic acids is 2. The quantitative estimate of drug-likeness (QED) is 0.756. The van der Waals surface area contributed by atoms with E-state index < -0.39 is 0 Å². The van der Waals surface area contributed by atoms with Crippen molar-refractivity contribution in [2.75, 3.05) is 19.6 Å². The predicted molar refractivity (Wildman–Crippen MR) is 83.9 cm³/mol. The summed E-state index contributed by atoms with van der Waals surface area (Å²) in [5.41, 5.74) is 0. The molecule has 1 saturated heterocycles. The largest absolute Gasteiger partial charge is 0.342 e. The van der Waals surface area contributed by atoms with Crippen molar-refractivity contribution in [3.63, 3.8) is 0 Å². The van der Waals surface area contributed by atoms with Crippen molar-refractivity contribution in [3.05, 3.63) is 0 Å². The van der Waals surface area contributed by atoms with E-state index in [1.165, 1.54) is 19.3 Å². The first-order chi connectivity index (χ1) is 10.2. The summed E-state index contributed by atoms with van der Waals surface area (Å²) in [5, 5.41) is 0. The topological polar surface area (TPSA) is 40.6 Å². The average Bonchev–Trinajstić information content (AvgIpc) is 2.89. The molecule has 0 unspecified atom stereocenters. The van der Waals surface area contributed by atoms with Crippen LogP contribution in [0.3, 0.4) is 0 Å². The van der Waals surface area contributed by atoms with E-state index in [9.17, 15) is 9.59 Å². The zero-order chi connectivity index (χ0) is 15.2. The van der Waals surface area contributed by atoms with E-state index >= 15 is 0 Å². The summed E-state index contributed by atoms with van der Waals surface area (Å²) in [5.74, 6) is 0.302. The van der Waals surface area contributed by atoms with E-state index in [2.05, 4.69) is 13.8 Å². The molecule has 4 heteroatoms. The highest BCUT2D eigenvalue weighted by Gasteiger charge is 2.39. The first kappa shape index (κ1) is 16.3. The predicted octanol–water partition coefficient (Wildman–Crippen LogP) is 2.82. The average molecular weight is 294 g/mol. The maximum absolute atomic E-state index is 12.6. The number of likely N-dealkylation sites (tertiary alicyclic amines) is 1. The van der Waals surface area contributed by atoms with Gasteiger partial charge in [-0.05, 0) is 25.7 Å². The second-order valence-corrected chi connectivity index (χ2v) is 6.56. The molecule has 1 heterocycles. The third kappa shape index (κ3) is 3.98. The lowest BCUT2D eigenvalue weighted by Gasteiger charge is -2.31. The molecule has 1 aliphatic heterocycles. The molecule has 1 saturated carbocycles. The van der Waals surface area contributed by atoms with Gasteiger partial charge in [0.15, 0.2) is 0 Å². The van der Waals surface area contributed by atoms with Gasteiger partial charge in [0.25, 0.3) is 0 Å². The molecule has 2 amide bonds. The number of rotatable bonds is 6. The fraction of sp³-hybridized carbons (Fsp3) is 0.882. The molecule has 0 aromatic heterocycles. The van der Waals surface area contributed by atoms with Gasteiger partial charge in [-0.1, -0.05) is 33.1 Å². The summed E-state index contributed by atoms with van der Waals surface area (Å²) >= 11 is 0. The van der Waals surface area contributed by atoms with Crippen LogP contribution >= 0.6 is 0 Å². The Balaban J connectivity index is 1.95. The maximum atomic E-state index is 12.6. The molecule has 0 radical (unpaired) electrons. The first-order valence-electron chi connectivity index (χ1n) is 8.75. The normalized spacial score (nSPS) is 23.6. The minimum atomic E-state index is -0.0995. The minimum Gasteiger partial charge on any atom is -0.342 e. The zero-order valence-corrected chi connectivity index (χ0v) is 13.6. The van der Waals surface area contributed by atoms with Gasteiger partial charge in [-0.2, -0.15) is 0 Å². The molecule has 0 aromatic carbocycles. The lowest BCUT2D eigenvalue weighted by molar-refractivity contribution is -0.136. The van der Waals surface area contributed by atoms with Crippen LogP contribution in [0.1, 0.15) is 65.2 Å². The molecular weight excluding hydrogens is 264 g/mol. The highest BCUT2D eigenvalue weighted by atomic mass is 16.2. The van der Waals surface area contributed by atoms with Crippen molar-refractivity contribution >= 4 is 11.8 Å². The summed E-state index contributed by atoms with van der Waals surface area (Å²) in [6.45, 7) is 6.50. The van der Waals surface area contributed by atoms with Gasteiger partial charge in [0.1, 0.15) is 0 Å². The summed E-state index contributed by atoms with van der Waals surface area (Å²) < 4.78 is 0. The van der Waals surface area contributed by atoms with Crippen molar-refractivity contribution in [1.82, 2.24) is 9.80 Å². The number of nitrogens with zero attached hydrogens (tertiary/aromatic N) is 2. The molecule has 0 bridgehead atoms. The summed E-state index contributed by atoms with van der Waals surface area (Å²) in [6, 6.07) is 0.398. The van der Waals surface area contributed by atoms with Crippen molar-refractivity contribution in [3.8, 4) is 0 Å². The Kier molecular flexibility index (Phi) is 6.07. The molecule has 0 N–H and O–H groups in total. The van der Waals surface area contributed by atoms with Gasteiger partial charge in [-0.25, -0.2) is 0 Å². The van der Waals surface area contributed by atoms with Crippen molar-refractivity contribution in [1.29, 1.82) is 0 Å². The highest BCUT2D eigenvalue weighted by molar-refractivity contribution is 5.89. The van der Waals surface area contributed by atoms with Gasteiger partial charge < -0.3 is 9.80 Å². The molecule has 2 fully saturated rings. The van der Waals surface area contributed by atoms with Crippen LogP contribution < -0.4 is 0 Å². The van der Waals surface area contributed by atoms with Gasteiger partial charge >= 0.3 is 0 Å². The Labute approximate surface area is 128 Å². The third-order valence-electron chi connectivity index (χ3n) is 4.82. The van der Waals surface area contributed by atoms with Gasteiger partial charge in [0.05, 0.1) is 5.92 Å². The fourth-order valence-corrected chi connectivity index (χ4v) is 3.77. The fourth-order valence-electron chi connectivity index (χ4n) is 3.77. The Morgan fingerprint density at radius 1 is 1.14 bits per heavy atom. The Morgan fingerprint density at radius 2 is 1.76 bits per heavy atom. The summed E-state index contributed by atoms with van der Waals surface area (Å²) in [4.78, 5) is 28.9. The third-order valence-corrected chi connectivity index (χ3v) is 4.82. The van der Waals surface area contributed by atoms with E-state index in [0.717, 1.165) is 38.8 Å². The van der Waals surface area contributed by atoms with Crippen LogP contribution in [0.5, 0.6) is 0 Å². The van der Waals surface area contributed by atoms with E-state index in [4.69, 9.17) is 0 Å².